The molecular weight excluding hydrogens is 851 g/mol. The molecule has 1 amide bonds. The normalized spacial score (nSPS) is 38.2. The molecule has 0 aromatic carbocycles. The second kappa shape index (κ2) is 27.7. The first-order valence-electron chi connectivity index (χ1n) is 25.4. The van der Waals surface area contributed by atoms with E-state index in [2.05, 4.69) is 25.7 Å². The van der Waals surface area contributed by atoms with Crippen LogP contribution in [0.3, 0.4) is 0 Å². The Hall–Kier alpha value is -3.44. The summed E-state index contributed by atoms with van der Waals surface area (Å²) in [4.78, 5) is 58.2. The number of ketones is 2. The molecule has 0 spiro atoms. The summed E-state index contributed by atoms with van der Waals surface area (Å²) in [5.74, 6) is 0.314. The Bertz CT molecular complexity index is 1810. The predicted octanol–water partition coefficient (Wildman–Crippen LogP) is 8.81. The number of Topliss-reactive ketones (excluding diaryl/α,β-unsaturated/α-hetero) is 2. The molecule has 0 aromatic heterocycles. The Kier molecular flexibility index (Phi) is 23.2. The predicted molar refractivity (Wildman–Crippen MR) is 260 cm³/mol. The summed E-state index contributed by atoms with van der Waals surface area (Å²) in [6.45, 7) is 15.9. The lowest BCUT2D eigenvalue weighted by Gasteiger charge is -2.42. The minimum absolute atomic E-state index is 0.0180. The molecule has 4 rings (SSSR count). The van der Waals surface area contributed by atoms with Gasteiger partial charge in [-0.3, -0.25) is 14.4 Å². The average molecular weight is 936 g/mol. The minimum atomic E-state index is -2.39. The van der Waals surface area contributed by atoms with Gasteiger partial charge in [-0.15, -0.1) is 5.92 Å². The van der Waals surface area contributed by atoms with Crippen molar-refractivity contribution in [2.45, 2.75) is 200 Å². The number of fused-ring (bicyclic) bond motifs is 3. The molecule has 4 aliphatic rings. The molecule has 14 atom stereocenters. The zero-order valence-electron chi connectivity index (χ0n) is 42.5. The van der Waals surface area contributed by atoms with Crippen LogP contribution in [0.4, 0.5) is 0 Å². The second-order valence-electron chi connectivity index (χ2n) is 20.3. The number of rotatable bonds is 7. The summed E-state index contributed by atoms with van der Waals surface area (Å²) >= 11 is 0. The van der Waals surface area contributed by atoms with Crippen molar-refractivity contribution in [3.05, 3.63) is 47.6 Å². The Morgan fingerprint density at radius 3 is 2.33 bits per heavy atom. The third-order valence-corrected chi connectivity index (χ3v) is 14.8. The number of ether oxygens (including phenoxy) is 5. The molecule has 1 unspecified atom stereocenters. The van der Waals surface area contributed by atoms with E-state index in [-0.39, 0.29) is 48.7 Å². The number of aliphatic hydroxyl groups excluding tert-OH is 1. The van der Waals surface area contributed by atoms with E-state index < -0.39 is 65.9 Å². The van der Waals surface area contributed by atoms with Crippen LogP contribution in [-0.2, 0) is 42.9 Å². The molecule has 2 N–H and O–H groups in total. The van der Waals surface area contributed by atoms with Crippen molar-refractivity contribution in [2.24, 2.45) is 35.5 Å². The lowest BCUT2D eigenvalue weighted by molar-refractivity contribution is -0.265. The first-order chi connectivity index (χ1) is 31.9. The number of esters is 1. The molecule has 2 saturated heterocycles. The number of hydrogen-bond donors (Lipinski definition) is 2. The summed E-state index contributed by atoms with van der Waals surface area (Å²) in [6.07, 6.45) is 18.5. The highest BCUT2D eigenvalue weighted by Crippen LogP contribution is 2.38. The molecule has 1 aliphatic carbocycles. The highest BCUT2D eigenvalue weighted by molar-refractivity contribution is 6.39. The number of nitrogens with zero attached hydrogens (tertiary/aromatic N) is 1. The third kappa shape index (κ3) is 16.3. The van der Waals surface area contributed by atoms with Crippen molar-refractivity contribution < 1.29 is 53.1 Å². The topological polar surface area (TPSA) is 158 Å². The van der Waals surface area contributed by atoms with E-state index in [0.29, 0.717) is 75.7 Å². The van der Waals surface area contributed by atoms with Crippen LogP contribution in [0, 0.1) is 47.3 Å². The molecule has 376 valence electrons. The van der Waals surface area contributed by atoms with Crippen molar-refractivity contribution in [1.82, 2.24) is 4.90 Å². The fraction of sp³-hybridized carbons (Fsp3) is 0.745. The quantitative estimate of drug-likeness (QED) is 0.109. The van der Waals surface area contributed by atoms with Crippen LogP contribution in [-0.4, -0.2) is 114 Å². The van der Waals surface area contributed by atoms with E-state index in [9.17, 15) is 29.4 Å². The number of carbonyl (C=O) groups excluding carboxylic acids is 4. The zero-order valence-corrected chi connectivity index (χ0v) is 42.5. The van der Waals surface area contributed by atoms with Crippen LogP contribution < -0.4 is 0 Å². The molecular formula is C55H85NO11. The van der Waals surface area contributed by atoms with Crippen LogP contribution in [0.5, 0.6) is 0 Å². The van der Waals surface area contributed by atoms with Crippen LogP contribution >= 0.6 is 0 Å². The number of amides is 1. The molecule has 3 fully saturated rings. The van der Waals surface area contributed by atoms with Crippen LogP contribution in [0.2, 0.25) is 0 Å². The summed E-state index contributed by atoms with van der Waals surface area (Å²) in [7, 11) is 3.21. The van der Waals surface area contributed by atoms with Gasteiger partial charge in [-0.2, -0.15) is 0 Å². The number of piperidine rings is 1. The summed E-state index contributed by atoms with van der Waals surface area (Å²) in [5, 5.41) is 23.6. The van der Waals surface area contributed by atoms with Gasteiger partial charge in [0.05, 0.1) is 18.3 Å². The van der Waals surface area contributed by atoms with Gasteiger partial charge in [0, 0.05) is 45.4 Å². The average Bonchev–Trinajstić information content (AvgIpc) is 3.31. The zero-order chi connectivity index (χ0) is 49.3. The largest absolute Gasteiger partial charge is 0.461 e. The Morgan fingerprint density at radius 1 is 0.851 bits per heavy atom. The van der Waals surface area contributed by atoms with E-state index in [1.807, 2.05) is 71.1 Å². The summed E-state index contributed by atoms with van der Waals surface area (Å²) in [6, 6.07) is -0.997. The van der Waals surface area contributed by atoms with Crippen molar-refractivity contribution in [1.29, 1.82) is 0 Å². The van der Waals surface area contributed by atoms with Crippen LogP contribution in [0.15, 0.2) is 47.6 Å². The Labute approximate surface area is 402 Å². The van der Waals surface area contributed by atoms with Gasteiger partial charge in [-0.05, 0) is 119 Å². The summed E-state index contributed by atoms with van der Waals surface area (Å²) in [5.41, 5.74) is 1.52. The highest BCUT2D eigenvalue weighted by atomic mass is 16.6. The second-order valence-corrected chi connectivity index (χ2v) is 20.3. The minimum Gasteiger partial charge on any atom is -0.461 e. The van der Waals surface area contributed by atoms with Gasteiger partial charge in [-0.25, -0.2) is 4.79 Å². The van der Waals surface area contributed by atoms with Crippen molar-refractivity contribution >= 4 is 23.4 Å². The van der Waals surface area contributed by atoms with E-state index in [1.165, 1.54) is 12.0 Å². The molecule has 2 bridgehead atoms. The maximum absolute atomic E-state index is 14.4. The molecule has 0 aromatic rings. The first kappa shape index (κ1) is 56.2. The maximum atomic E-state index is 14.4. The first-order valence-corrected chi connectivity index (χ1v) is 25.4. The molecule has 12 nitrogen and oxygen atoms in total. The lowest BCUT2D eigenvalue weighted by atomic mass is 9.79. The number of methoxy groups -OCH3 is 2. The smallest absolute Gasteiger partial charge is 0.329 e. The number of hydrogen-bond acceptors (Lipinski definition) is 11. The monoisotopic (exact) mass is 936 g/mol. The SMILES string of the molecule is CCC#CCO[C@H]1C[C@@H]2CC[C@@H](C)[C@@](O)(O2)C(=O)C(=O)N2CCCC[C@H]2C(=O)O[C@H]([C@H](C)CC2CCC[C@H](OC)C2)CC[C@H](C)/C=C(\C)[C@@H](O)[C@@H](OC)C(=O)[C@H](C)C[C@H](C)\C=C/C=C/C=C/1C. The number of aliphatic hydroxyl groups is 2. The van der Waals surface area contributed by atoms with Gasteiger partial charge in [-0.1, -0.05) is 96.8 Å². The number of carbonyl (C=O) groups is 4. The molecule has 3 aliphatic heterocycles. The van der Waals surface area contributed by atoms with Crippen molar-refractivity contribution in [3.63, 3.8) is 0 Å². The molecule has 67 heavy (non-hydrogen) atoms. The number of cyclic esters (lactones) is 1. The number of allylic oxidation sites excluding steroid dienone is 6. The van der Waals surface area contributed by atoms with E-state index in [0.717, 1.165) is 37.7 Å². The van der Waals surface area contributed by atoms with Gasteiger partial charge in [0.25, 0.3) is 11.7 Å². The fourth-order valence-corrected chi connectivity index (χ4v) is 10.5. The van der Waals surface area contributed by atoms with E-state index >= 15 is 0 Å². The lowest BCUT2D eigenvalue weighted by Crippen LogP contribution is -2.61. The van der Waals surface area contributed by atoms with Gasteiger partial charge in [0.15, 0.2) is 5.78 Å². The third-order valence-electron chi connectivity index (χ3n) is 14.8. The van der Waals surface area contributed by atoms with Gasteiger partial charge < -0.3 is 38.8 Å². The van der Waals surface area contributed by atoms with Crippen molar-refractivity contribution in [3.8, 4) is 11.8 Å². The van der Waals surface area contributed by atoms with Crippen LogP contribution in [0.1, 0.15) is 152 Å². The van der Waals surface area contributed by atoms with Crippen LogP contribution in [0.25, 0.3) is 0 Å². The summed E-state index contributed by atoms with van der Waals surface area (Å²) < 4.78 is 30.4. The standard InChI is InChI=1S/C55H85NO11/c1-11-12-18-30-65-48-35-45-27-26-42(8)55(62,67-45)52(59)53(60)56-29-17-16-24-46(56)54(61)66-47(39(5)33-43-22-19-23-44(34-43)63-9)28-25-37(3)32-41(7)50(58)51(64-10)49(57)40(6)31-36(2)20-14-13-15-21-38(48)4/h13-15,20-21,32,36-37,39-40,42-48,50-51,58,62H,11,16-17,19,22-31,33-35H2,1-10H3/b15-13+,20-14-,38-21+,41-32+/t36-,37+,39-,40-,42-,43?,44+,45+,46+,47+,48+,50-,51+,55-/m1/s1. The maximum Gasteiger partial charge on any atom is 0.329 e. The molecule has 3 heterocycles. The molecule has 12 heteroatoms. The van der Waals surface area contributed by atoms with E-state index in [4.69, 9.17) is 23.7 Å². The molecule has 0 radical (unpaired) electrons. The fourth-order valence-electron chi connectivity index (χ4n) is 10.5. The highest BCUT2D eigenvalue weighted by Gasteiger charge is 2.53. The van der Waals surface area contributed by atoms with Crippen molar-refractivity contribution in [2.75, 3.05) is 27.4 Å². The molecule has 1 saturated carbocycles. The van der Waals surface area contributed by atoms with Gasteiger partial charge in [0.2, 0.25) is 5.79 Å². The van der Waals surface area contributed by atoms with Gasteiger partial charge >= 0.3 is 5.97 Å². The van der Waals surface area contributed by atoms with E-state index in [1.54, 1.807) is 14.0 Å². The Balaban J connectivity index is 1.69. The Morgan fingerprint density at radius 2 is 1.61 bits per heavy atom. The van der Waals surface area contributed by atoms with Gasteiger partial charge in [0.1, 0.15) is 31.0 Å².